The van der Waals surface area contributed by atoms with Crippen LogP contribution in [0.15, 0.2) is 12.5 Å². The van der Waals surface area contributed by atoms with Crippen molar-refractivity contribution < 1.29 is 5.11 Å². The Bertz CT molecular complexity index is 641. The summed E-state index contributed by atoms with van der Waals surface area (Å²) in [6.45, 7) is 4.72. The lowest BCUT2D eigenvalue weighted by Gasteiger charge is -2.15. The molecule has 1 saturated heterocycles. The molecular formula is C17H27N5O. The number of aromatic amines is 1. The van der Waals surface area contributed by atoms with Gasteiger partial charge in [0.1, 0.15) is 11.8 Å². The molecule has 0 unspecified atom stereocenters. The molecule has 0 saturated carbocycles. The summed E-state index contributed by atoms with van der Waals surface area (Å²) >= 11 is 0. The number of nitrogens with two attached hydrogens (primary N) is 1. The van der Waals surface area contributed by atoms with Crippen molar-refractivity contribution in [1.82, 2.24) is 19.9 Å². The first kappa shape index (κ1) is 16.2. The predicted octanol–water partition coefficient (Wildman–Crippen LogP) is 2.30. The van der Waals surface area contributed by atoms with E-state index in [9.17, 15) is 5.11 Å². The highest BCUT2D eigenvalue weighted by Crippen LogP contribution is 2.26. The van der Waals surface area contributed by atoms with Gasteiger partial charge in [-0.1, -0.05) is 32.6 Å². The summed E-state index contributed by atoms with van der Waals surface area (Å²) < 4.78 is 0. The Morgan fingerprint density at radius 3 is 3.00 bits per heavy atom. The molecule has 1 aliphatic rings. The fourth-order valence-corrected chi connectivity index (χ4v) is 3.56. The molecule has 3 heterocycles. The maximum atomic E-state index is 10.3. The van der Waals surface area contributed by atoms with Crippen LogP contribution in [0.1, 0.15) is 44.6 Å². The first-order valence-corrected chi connectivity index (χ1v) is 8.66. The van der Waals surface area contributed by atoms with Crippen molar-refractivity contribution in [1.29, 1.82) is 0 Å². The Labute approximate surface area is 137 Å². The van der Waals surface area contributed by atoms with Crippen LogP contribution in [0.3, 0.4) is 0 Å². The maximum absolute atomic E-state index is 10.3. The van der Waals surface area contributed by atoms with E-state index in [1.54, 1.807) is 0 Å². The minimum absolute atomic E-state index is 0.207. The van der Waals surface area contributed by atoms with E-state index in [4.69, 9.17) is 5.73 Å². The molecule has 0 spiro atoms. The number of aliphatic hydroxyl groups excluding tert-OH is 1. The van der Waals surface area contributed by atoms with Gasteiger partial charge >= 0.3 is 0 Å². The van der Waals surface area contributed by atoms with E-state index in [0.717, 1.165) is 42.7 Å². The Morgan fingerprint density at radius 1 is 1.30 bits per heavy atom. The zero-order valence-electron chi connectivity index (χ0n) is 13.8. The van der Waals surface area contributed by atoms with Gasteiger partial charge in [-0.15, -0.1) is 0 Å². The summed E-state index contributed by atoms with van der Waals surface area (Å²) in [6, 6.07) is 0. The number of nitrogens with zero attached hydrogens (tertiary/aromatic N) is 3. The van der Waals surface area contributed by atoms with Crippen LogP contribution in [0.4, 0.5) is 5.82 Å². The molecule has 0 bridgehead atoms. The van der Waals surface area contributed by atoms with E-state index in [1.807, 2.05) is 6.20 Å². The number of hydrogen-bond donors (Lipinski definition) is 3. The summed E-state index contributed by atoms with van der Waals surface area (Å²) in [7, 11) is 0. The van der Waals surface area contributed by atoms with Crippen LogP contribution in [-0.4, -0.2) is 44.2 Å². The normalized spacial score (nSPS) is 22.2. The predicted molar refractivity (Wildman–Crippen MR) is 91.8 cm³/mol. The first-order valence-electron chi connectivity index (χ1n) is 8.66. The number of hydrogen-bond acceptors (Lipinski definition) is 5. The standard InChI is InChI=1S/C17H27N5O/c1-2-3-4-5-6-12-8-22(10-14(12)23)9-13-7-19-16-15(13)20-11-21-17(16)18/h7,11-12,14,19,23H,2-6,8-10H2,1H3,(H2,18,20,21)/t12-,14+/m0/s1. The van der Waals surface area contributed by atoms with E-state index in [0.29, 0.717) is 11.7 Å². The molecule has 4 N–H and O–H groups in total. The zero-order valence-corrected chi connectivity index (χ0v) is 13.8. The third kappa shape index (κ3) is 3.64. The number of H-pyrrole nitrogens is 1. The number of aliphatic hydroxyl groups is 1. The second-order valence-corrected chi connectivity index (χ2v) is 6.67. The van der Waals surface area contributed by atoms with E-state index >= 15 is 0 Å². The Balaban J connectivity index is 1.59. The van der Waals surface area contributed by atoms with Gasteiger partial charge in [0.05, 0.1) is 11.6 Å². The van der Waals surface area contributed by atoms with Gasteiger partial charge in [-0.3, -0.25) is 4.90 Å². The molecule has 1 fully saturated rings. The van der Waals surface area contributed by atoms with Crippen LogP contribution in [0.5, 0.6) is 0 Å². The van der Waals surface area contributed by atoms with Crippen molar-refractivity contribution in [3.05, 3.63) is 18.1 Å². The van der Waals surface area contributed by atoms with Gasteiger partial charge < -0.3 is 15.8 Å². The lowest BCUT2D eigenvalue weighted by Crippen LogP contribution is -2.21. The molecule has 6 nitrogen and oxygen atoms in total. The van der Waals surface area contributed by atoms with Crippen LogP contribution in [0.25, 0.3) is 11.0 Å². The molecule has 1 aliphatic heterocycles. The quantitative estimate of drug-likeness (QED) is 0.682. The highest BCUT2D eigenvalue weighted by molar-refractivity contribution is 5.86. The second-order valence-electron chi connectivity index (χ2n) is 6.67. The van der Waals surface area contributed by atoms with Crippen LogP contribution in [0, 0.1) is 5.92 Å². The molecule has 2 aromatic rings. The fourth-order valence-electron chi connectivity index (χ4n) is 3.56. The number of rotatable bonds is 7. The fraction of sp³-hybridized carbons (Fsp3) is 0.647. The van der Waals surface area contributed by atoms with E-state index in [-0.39, 0.29) is 6.10 Å². The molecular weight excluding hydrogens is 290 g/mol. The highest BCUT2D eigenvalue weighted by atomic mass is 16.3. The molecule has 0 aromatic carbocycles. The number of aromatic nitrogens is 3. The number of nitrogens with one attached hydrogen (secondary N) is 1. The van der Waals surface area contributed by atoms with Gasteiger partial charge in [0, 0.05) is 31.4 Å². The highest BCUT2D eigenvalue weighted by Gasteiger charge is 2.31. The number of likely N-dealkylation sites (tertiary alicyclic amines) is 1. The van der Waals surface area contributed by atoms with Gasteiger partial charge in [-0.25, -0.2) is 9.97 Å². The van der Waals surface area contributed by atoms with Gasteiger partial charge in [-0.2, -0.15) is 0 Å². The smallest absolute Gasteiger partial charge is 0.151 e. The monoisotopic (exact) mass is 317 g/mol. The molecule has 0 radical (unpaired) electrons. The number of nitrogen functional groups attached to an aromatic ring is 1. The average Bonchev–Trinajstić information content (AvgIpc) is 3.09. The summed E-state index contributed by atoms with van der Waals surface area (Å²) in [6.07, 6.45) is 9.43. The average molecular weight is 317 g/mol. The third-order valence-electron chi connectivity index (χ3n) is 4.88. The number of fused-ring (bicyclic) bond motifs is 1. The van der Waals surface area contributed by atoms with Crippen LogP contribution in [-0.2, 0) is 6.54 Å². The summed E-state index contributed by atoms with van der Waals surface area (Å²) in [5.74, 6) is 0.883. The Kier molecular flexibility index (Phi) is 5.13. The van der Waals surface area contributed by atoms with Crippen molar-refractivity contribution in [3.8, 4) is 0 Å². The topological polar surface area (TPSA) is 91.1 Å². The second kappa shape index (κ2) is 7.27. The van der Waals surface area contributed by atoms with E-state index in [1.165, 1.54) is 32.0 Å². The molecule has 126 valence electrons. The lowest BCUT2D eigenvalue weighted by molar-refractivity contribution is 0.136. The van der Waals surface area contributed by atoms with Crippen molar-refractivity contribution in [3.63, 3.8) is 0 Å². The number of unbranched alkanes of at least 4 members (excludes halogenated alkanes) is 3. The van der Waals surface area contributed by atoms with Gasteiger partial charge in [0.25, 0.3) is 0 Å². The van der Waals surface area contributed by atoms with Crippen molar-refractivity contribution in [2.45, 2.75) is 51.7 Å². The molecule has 0 amide bonds. The minimum atomic E-state index is -0.207. The van der Waals surface area contributed by atoms with Crippen molar-refractivity contribution in [2.75, 3.05) is 18.8 Å². The van der Waals surface area contributed by atoms with Crippen molar-refractivity contribution in [2.24, 2.45) is 5.92 Å². The lowest BCUT2D eigenvalue weighted by atomic mass is 9.98. The Hall–Kier alpha value is -1.66. The largest absolute Gasteiger partial charge is 0.391 e. The zero-order chi connectivity index (χ0) is 16.2. The summed E-state index contributed by atoms with van der Waals surface area (Å²) in [5.41, 5.74) is 8.68. The van der Waals surface area contributed by atoms with Gasteiger partial charge in [0.15, 0.2) is 5.82 Å². The molecule has 2 atom stereocenters. The van der Waals surface area contributed by atoms with Gasteiger partial charge in [-0.05, 0) is 12.3 Å². The molecule has 6 heteroatoms. The number of β-amino-alcohol motifs (C(OH)–C–C–N with tert-alkyl or cyclic N) is 1. The van der Waals surface area contributed by atoms with E-state index in [2.05, 4.69) is 26.8 Å². The molecule has 23 heavy (non-hydrogen) atoms. The Morgan fingerprint density at radius 2 is 2.17 bits per heavy atom. The molecule has 3 rings (SSSR count). The van der Waals surface area contributed by atoms with E-state index < -0.39 is 0 Å². The summed E-state index contributed by atoms with van der Waals surface area (Å²) in [4.78, 5) is 13.8. The van der Waals surface area contributed by atoms with Crippen LogP contribution in [0.2, 0.25) is 0 Å². The maximum Gasteiger partial charge on any atom is 0.151 e. The SMILES string of the molecule is CCCCCC[C@H]1CN(Cc2c[nH]c3c(N)ncnc23)C[C@H]1O. The van der Waals surface area contributed by atoms with Crippen LogP contribution < -0.4 is 5.73 Å². The third-order valence-corrected chi connectivity index (χ3v) is 4.88. The minimum Gasteiger partial charge on any atom is -0.391 e. The molecule has 0 aliphatic carbocycles. The van der Waals surface area contributed by atoms with Gasteiger partial charge in [0.2, 0.25) is 0 Å². The summed E-state index contributed by atoms with van der Waals surface area (Å²) in [5, 5.41) is 10.3. The molecule has 2 aromatic heterocycles. The van der Waals surface area contributed by atoms with Crippen molar-refractivity contribution >= 4 is 16.9 Å². The first-order chi connectivity index (χ1) is 11.2. The van der Waals surface area contributed by atoms with Crippen LogP contribution >= 0.6 is 0 Å². The number of anilines is 1.